The van der Waals surface area contributed by atoms with E-state index in [-0.39, 0.29) is 5.91 Å². The van der Waals surface area contributed by atoms with Gasteiger partial charge in [-0.05, 0) is 62.2 Å². The molecule has 0 spiro atoms. The van der Waals surface area contributed by atoms with Crippen LogP contribution in [-0.2, 0) is 4.79 Å². The number of hydrogen-bond acceptors (Lipinski definition) is 3. The first-order chi connectivity index (χ1) is 14.9. The van der Waals surface area contributed by atoms with E-state index in [1.54, 1.807) is 7.11 Å². The summed E-state index contributed by atoms with van der Waals surface area (Å²) in [7, 11) is 1.59. The lowest BCUT2D eigenvalue weighted by Crippen LogP contribution is -2.09. The van der Waals surface area contributed by atoms with Crippen molar-refractivity contribution in [2.75, 3.05) is 12.4 Å². The SMILES string of the molecule is COc1ccc(C)cc1NC(=O)/C=C/c1c(-c2ccc(C)cc2)nc2cc(C)ccn12. The molecule has 2 aromatic heterocycles. The van der Waals surface area contributed by atoms with E-state index in [4.69, 9.17) is 9.72 Å². The van der Waals surface area contributed by atoms with Crippen LogP contribution in [0.15, 0.2) is 66.9 Å². The number of nitrogens with zero attached hydrogens (tertiary/aromatic N) is 2. The standard InChI is InChI=1S/C26H25N3O2/c1-17-5-8-20(9-6-17)26-22(29-14-13-19(3)16-24(29)28-26)10-12-25(30)27-21-15-18(2)7-11-23(21)31-4/h5-16H,1-4H3,(H,27,30)/b12-10+. The third-order valence-corrected chi connectivity index (χ3v) is 5.15. The fraction of sp³-hybridized carbons (Fsp3) is 0.154. The quantitative estimate of drug-likeness (QED) is 0.436. The van der Waals surface area contributed by atoms with Gasteiger partial charge in [0.1, 0.15) is 11.4 Å². The Hall–Kier alpha value is -3.86. The zero-order valence-electron chi connectivity index (χ0n) is 18.1. The number of amides is 1. The van der Waals surface area contributed by atoms with Gasteiger partial charge in [-0.3, -0.25) is 9.20 Å². The van der Waals surface area contributed by atoms with Crippen molar-refractivity contribution < 1.29 is 9.53 Å². The molecule has 0 aliphatic carbocycles. The monoisotopic (exact) mass is 411 g/mol. The van der Waals surface area contributed by atoms with E-state index < -0.39 is 0 Å². The largest absolute Gasteiger partial charge is 0.495 e. The van der Waals surface area contributed by atoms with Crippen molar-refractivity contribution in [2.24, 2.45) is 0 Å². The van der Waals surface area contributed by atoms with Crippen LogP contribution >= 0.6 is 0 Å². The maximum atomic E-state index is 12.7. The van der Waals surface area contributed by atoms with Crippen molar-refractivity contribution in [2.45, 2.75) is 20.8 Å². The zero-order valence-corrected chi connectivity index (χ0v) is 18.1. The molecule has 0 radical (unpaired) electrons. The highest BCUT2D eigenvalue weighted by Gasteiger charge is 2.13. The summed E-state index contributed by atoms with van der Waals surface area (Å²) in [5, 5.41) is 2.91. The number of imidazole rings is 1. The van der Waals surface area contributed by atoms with Crippen LogP contribution < -0.4 is 10.1 Å². The number of methoxy groups -OCH3 is 1. The molecule has 0 atom stereocenters. The van der Waals surface area contributed by atoms with Crippen LogP contribution in [0.5, 0.6) is 5.75 Å². The molecule has 156 valence electrons. The molecular formula is C26H25N3O2. The number of nitrogens with one attached hydrogen (secondary N) is 1. The molecule has 0 bridgehead atoms. The van der Waals surface area contributed by atoms with E-state index in [2.05, 4.69) is 36.5 Å². The fourth-order valence-corrected chi connectivity index (χ4v) is 3.50. The summed E-state index contributed by atoms with van der Waals surface area (Å²) in [5.41, 5.74) is 7.54. The third-order valence-electron chi connectivity index (χ3n) is 5.15. The number of hydrogen-bond donors (Lipinski definition) is 1. The molecule has 4 aromatic rings. The summed E-state index contributed by atoms with van der Waals surface area (Å²) < 4.78 is 7.35. The normalized spacial score (nSPS) is 11.2. The lowest BCUT2D eigenvalue weighted by Gasteiger charge is -2.09. The van der Waals surface area contributed by atoms with Crippen LogP contribution in [0.1, 0.15) is 22.4 Å². The molecule has 0 aliphatic heterocycles. The number of anilines is 1. The first kappa shape index (κ1) is 20.4. The molecule has 4 rings (SSSR count). The van der Waals surface area contributed by atoms with Crippen LogP contribution in [0, 0.1) is 20.8 Å². The summed E-state index contributed by atoms with van der Waals surface area (Å²) in [6.45, 7) is 6.07. The van der Waals surface area contributed by atoms with E-state index in [9.17, 15) is 4.79 Å². The average Bonchev–Trinajstić information content (AvgIpc) is 3.10. The van der Waals surface area contributed by atoms with Crippen LogP contribution in [0.2, 0.25) is 0 Å². The molecule has 2 aromatic carbocycles. The molecule has 1 N–H and O–H groups in total. The maximum absolute atomic E-state index is 12.7. The van der Waals surface area contributed by atoms with Gasteiger partial charge in [0, 0.05) is 17.8 Å². The predicted molar refractivity (Wildman–Crippen MR) is 125 cm³/mol. The van der Waals surface area contributed by atoms with Crippen molar-refractivity contribution in [3.8, 4) is 17.0 Å². The van der Waals surface area contributed by atoms with E-state index in [0.29, 0.717) is 11.4 Å². The first-order valence-corrected chi connectivity index (χ1v) is 10.1. The van der Waals surface area contributed by atoms with Gasteiger partial charge in [-0.15, -0.1) is 0 Å². The van der Waals surface area contributed by atoms with Gasteiger partial charge in [-0.25, -0.2) is 4.98 Å². The molecule has 2 heterocycles. The highest BCUT2D eigenvalue weighted by atomic mass is 16.5. The number of carbonyl (C=O) groups excluding carboxylic acids is 1. The topological polar surface area (TPSA) is 55.6 Å². The Labute approximate surface area is 182 Å². The smallest absolute Gasteiger partial charge is 0.248 e. The molecule has 0 saturated heterocycles. The Bertz CT molecular complexity index is 1280. The van der Waals surface area contributed by atoms with Gasteiger partial charge in [0.25, 0.3) is 0 Å². The van der Waals surface area contributed by atoms with Gasteiger partial charge < -0.3 is 10.1 Å². The number of ether oxygens (including phenoxy) is 1. The van der Waals surface area contributed by atoms with Crippen molar-refractivity contribution in [3.05, 3.63) is 89.3 Å². The van der Waals surface area contributed by atoms with Gasteiger partial charge in [-0.2, -0.15) is 0 Å². The first-order valence-electron chi connectivity index (χ1n) is 10.1. The van der Waals surface area contributed by atoms with Gasteiger partial charge in [0.15, 0.2) is 0 Å². The second kappa shape index (κ2) is 8.48. The Morgan fingerprint density at radius 3 is 2.42 bits per heavy atom. The van der Waals surface area contributed by atoms with Gasteiger partial charge in [-0.1, -0.05) is 35.9 Å². The van der Waals surface area contributed by atoms with E-state index >= 15 is 0 Å². The van der Waals surface area contributed by atoms with Crippen molar-refractivity contribution in [1.29, 1.82) is 0 Å². The lowest BCUT2D eigenvalue weighted by atomic mass is 10.1. The molecule has 0 saturated carbocycles. The number of fused-ring (bicyclic) bond motifs is 1. The Morgan fingerprint density at radius 2 is 1.68 bits per heavy atom. The molecule has 5 nitrogen and oxygen atoms in total. The molecule has 0 aliphatic rings. The molecule has 31 heavy (non-hydrogen) atoms. The minimum Gasteiger partial charge on any atom is -0.495 e. The van der Waals surface area contributed by atoms with Crippen LogP contribution in [0.3, 0.4) is 0 Å². The van der Waals surface area contributed by atoms with E-state index in [1.165, 1.54) is 11.6 Å². The van der Waals surface area contributed by atoms with Crippen molar-refractivity contribution >= 4 is 23.3 Å². The number of benzene rings is 2. The second-order valence-corrected chi connectivity index (χ2v) is 7.67. The third kappa shape index (κ3) is 4.36. The van der Waals surface area contributed by atoms with Crippen molar-refractivity contribution in [3.63, 3.8) is 0 Å². The highest BCUT2D eigenvalue weighted by Crippen LogP contribution is 2.27. The maximum Gasteiger partial charge on any atom is 0.248 e. The minimum absolute atomic E-state index is 0.235. The average molecular weight is 412 g/mol. The van der Waals surface area contributed by atoms with Crippen LogP contribution in [0.25, 0.3) is 23.0 Å². The molecular weight excluding hydrogens is 386 g/mol. The fourth-order valence-electron chi connectivity index (χ4n) is 3.50. The van der Waals surface area contributed by atoms with Gasteiger partial charge in [0.2, 0.25) is 5.91 Å². The Balaban J connectivity index is 1.71. The molecule has 5 heteroatoms. The minimum atomic E-state index is -0.235. The van der Waals surface area contributed by atoms with Crippen molar-refractivity contribution in [1.82, 2.24) is 9.38 Å². The lowest BCUT2D eigenvalue weighted by molar-refractivity contribution is -0.111. The summed E-state index contributed by atoms with van der Waals surface area (Å²) in [4.78, 5) is 17.5. The number of pyridine rings is 1. The molecule has 1 amide bonds. The van der Waals surface area contributed by atoms with Gasteiger partial charge >= 0.3 is 0 Å². The Kier molecular flexibility index (Phi) is 5.58. The molecule has 0 fully saturated rings. The second-order valence-electron chi connectivity index (χ2n) is 7.67. The number of aromatic nitrogens is 2. The summed E-state index contributed by atoms with van der Waals surface area (Å²) in [6.07, 6.45) is 5.32. The number of aryl methyl sites for hydroxylation is 3. The predicted octanol–water partition coefficient (Wildman–Crippen LogP) is 5.59. The highest BCUT2D eigenvalue weighted by molar-refractivity contribution is 6.03. The Morgan fingerprint density at radius 1 is 0.968 bits per heavy atom. The number of carbonyl (C=O) groups is 1. The zero-order chi connectivity index (χ0) is 22.0. The summed E-state index contributed by atoms with van der Waals surface area (Å²) in [5.74, 6) is 0.388. The van der Waals surface area contributed by atoms with Gasteiger partial charge in [0.05, 0.1) is 24.2 Å². The number of rotatable bonds is 5. The van der Waals surface area contributed by atoms with E-state index in [1.807, 2.05) is 60.9 Å². The summed E-state index contributed by atoms with van der Waals surface area (Å²) >= 11 is 0. The van der Waals surface area contributed by atoms with Crippen LogP contribution in [0.4, 0.5) is 5.69 Å². The van der Waals surface area contributed by atoms with Crippen LogP contribution in [-0.4, -0.2) is 22.4 Å². The van der Waals surface area contributed by atoms with E-state index in [0.717, 1.165) is 33.7 Å². The summed E-state index contributed by atoms with van der Waals surface area (Å²) in [6, 6.07) is 18.0. The molecule has 0 unspecified atom stereocenters.